The highest BCUT2D eigenvalue weighted by molar-refractivity contribution is 7.41. The maximum atomic E-state index is 9.43. The van der Waals surface area contributed by atoms with Crippen molar-refractivity contribution in [1.29, 1.82) is 0 Å². The van der Waals surface area contributed by atoms with E-state index in [0.717, 1.165) is 11.1 Å². The minimum Gasteiger partial charge on any atom is -0.396 e. The van der Waals surface area contributed by atoms with E-state index < -0.39 is 33.8 Å². The molecule has 26 heavy (non-hydrogen) atoms. The van der Waals surface area contributed by atoms with E-state index in [1.165, 1.54) is 0 Å². The van der Waals surface area contributed by atoms with Gasteiger partial charge < -0.3 is 28.9 Å². The molecular formula is C19H25O6P. The van der Waals surface area contributed by atoms with Gasteiger partial charge in [-0.25, -0.2) is 0 Å². The van der Waals surface area contributed by atoms with Crippen LogP contribution in [-0.4, -0.2) is 41.7 Å². The fourth-order valence-electron chi connectivity index (χ4n) is 1.99. The van der Waals surface area contributed by atoms with E-state index in [-0.39, 0.29) is 6.61 Å². The number of rotatable bonds is 12. The molecule has 0 spiro atoms. The first kappa shape index (κ1) is 20.9. The SMILES string of the molecule is OCC(CO)(CO)COP(OCc1ccccc1)OCc1ccccc1. The van der Waals surface area contributed by atoms with E-state index in [0.29, 0.717) is 13.2 Å². The zero-order valence-corrected chi connectivity index (χ0v) is 15.4. The van der Waals surface area contributed by atoms with E-state index in [2.05, 4.69) is 0 Å². The highest BCUT2D eigenvalue weighted by atomic mass is 31.2. The average Bonchev–Trinajstić information content (AvgIpc) is 2.72. The number of hydrogen-bond acceptors (Lipinski definition) is 6. The van der Waals surface area contributed by atoms with Crippen LogP contribution in [-0.2, 0) is 26.8 Å². The molecular weight excluding hydrogens is 355 g/mol. The van der Waals surface area contributed by atoms with Crippen LogP contribution < -0.4 is 0 Å². The van der Waals surface area contributed by atoms with Crippen molar-refractivity contribution in [2.24, 2.45) is 5.41 Å². The molecule has 0 heterocycles. The molecule has 0 fully saturated rings. The Morgan fingerprint density at radius 1 is 0.654 bits per heavy atom. The lowest BCUT2D eigenvalue weighted by molar-refractivity contribution is -0.0318. The maximum Gasteiger partial charge on any atom is 0.333 e. The molecule has 0 amide bonds. The summed E-state index contributed by atoms with van der Waals surface area (Å²) in [5.74, 6) is 0. The van der Waals surface area contributed by atoms with Crippen molar-refractivity contribution >= 4 is 8.60 Å². The lowest BCUT2D eigenvalue weighted by Crippen LogP contribution is -2.38. The van der Waals surface area contributed by atoms with E-state index in [4.69, 9.17) is 13.6 Å². The third-order valence-electron chi connectivity index (χ3n) is 3.84. The molecule has 3 N–H and O–H groups in total. The second-order valence-electron chi connectivity index (χ2n) is 5.99. The first-order valence-electron chi connectivity index (χ1n) is 8.31. The third-order valence-corrected chi connectivity index (χ3v) is 4.86. The lowest BCUT2D eigenvalue weighted by atomic mass is 9.93. The molecule has 6 nitrogen and oxygen atoms in total. The van der Waals surface area contributed by atoms with Crippen molar-refractivity contribution in [3.63, 3.8) is 0 Å². The fourth-order valence-corrected chi connectivity index (χ4v) is 3.10. The van der Waals surface area contributed by atoms with Crippen molar-refractivity contribution in [3.8, 4) is 0 Å². The summed E-state index contributed by atoms with van der Waals surface area (Å²) >= 11 is 0. The molecule has 2 rings (SSSR count). The second kappa shape index (κ2) is 11.4. The van der Waals surface area contributed by atoms with E-state index in [9.17, 15) is 15.3 Å². The molecule has 0 aromatic heterocycles. The normalized spacial score (nSPS) is 11.8. The quantitative estimate of drug-likeness (QED) is 0.491. The van der Waals surface area contributed by atoms with Gasteiger partial charge in [0.05, 0.1) is 45.1 Å². The van der Waals surface area contributed by atoms with Gasteiger partial charge in [0.25, 0.3) is 0 Å². The van der Waals surface area contributed by atoms with Gasteiger partial charge in [0.1, 0.15) is 0 Å². The van der Waals surface area contributed by atoms with Crippen molar-refractivity contribution in [3.05, 3.63) is 71.8 Å². The largest absolute Gasteiger partial charge is 0.396 e. The Kier molecular flexibility index (Phi) is 9.15. The van der Waals surface area contributed by atoms with Gasteiger partial charge in [0, 0.05) is 0 Å². The molecule has 7 heteroatoms. The molecule has 142 valence electrons. The van der Waals surface area contributed by atoms with Gasteiger partial charge in [0.15, 0.2) is 0 Å². The number of hydrogen-bond donors (Lipinski definition) is 3. The summed E-state index contributed by atoms with van der Waals surface area (Å²) in [6, 6.07) is 19.3. The minimum absolute atomic E-state index is 0.0776. The maximum absolute atomic E-state index is 9.43. The lowest BCUT2D eigenvalue weighted by Gasteiger charge is -2.28. The molecule has 0 aliphatic heterocycles. The van der Waals surface area contributed by atoms with Gasteiger partial charge in [-0.15, -0.1) is 0 Å². The summed E-state index contributed by atoms with van der Waals surface area (Å²) < 4.78 is 17.2. The summed E-state index contributed by atoms with van der Waals surface area (Å²) in [6.45, 7) is -0.662. The van der Waals surface area contributed by atoms with Gasteiger partial charge in [-0.1, -0.05) is 60.7 Å². The Labute approximate surface area is 155 Å². The number of benzene rings is 2. The van der Waals surface area contributed by atoms with Crippen LogP contribution in [0.2, 0.25) is 0 Å². The van der Waals surface area contributed by atoms with Crippen LogP contribution in [0.15, 0.2) is 60.7 Å². The van der Waals surface area contributed by atoms with Gasteiger partial charge in [-0.05, 0) is 11.1 Å². The standard InChI is InChI=1S/C19H25O6P/c20-13-19(14-21,15-22)16-25-26(23-11-17-7-3-1-4-8-17)24-12-18-9-5-2-6-10-18/h1-10,20-22H,11-16H2. The van der Waals surface area contributed by atoms with E-state index in [1.807, 2.05) is 60.7 Å². The summed E-state index contributed by atoms with van der Waals surface area (Å²) in [6.07, 6.45) is 0. The molecule has 0 bridgehead atoms. The molecule has 0 saturated heterocycles. The van der Waals surface area contributed by atoms with Gasteiger partial charge >= 0.3 is 8.60 Å². The number of aliphatic hydroxyl groups is 3. The first-order chi connectivity index (χ1) is 12.7. The van der Waals surface area contributed by atoms with Crippen molar-refractivity contribution in [2.45, 2.75) is 13.2 Å². The van der Waals surface area contributed by atoms with Crippen LogP contribution in [0.4, 0.5) is 0 Å². The predicted octanol–water partition coefficient (Wildman–Crippen LogP) is 2.63. The third kappa shape index (κ3) is 6.74. The van der Waals surface area contributed by atoms with Crippen LogP contribution in [0.1, 0.15) is 11.1 Å². The fraction of sp³-hybridized carbons (Fsp3) is 0.368. The highest BCUT2D eigenvalue weighted by Crippen LogP contribution is 2.43. The van der Waals surface area contributed by atoms with Crippen LogP contribution >= 0.6 is 8.60 Å². The van der Waals surface area contributed by atoms with Crippen LogP contribution in [0.3, 0.4) is 0 Å². The smallest absolute Gasteiger partial charge is 0.333 e. The zero-order valence-electron chi connectivity index (χ0n) is 14.5. The Hall–Kier alpha value is -1.37. The van der Waals surface area contributed by atoms with Crippen molar-refractivity contribution in [1.82, 2.24) is 0 Å². The molecule has 0 unspecified atom stereocenters. The molecule has 2 aromatic rings. The Morgan fingerprint density at radius 2 is 1.08 bits per heavy atom. The molecule has 0 aliphatic rings. The summed E-state index contributed by atoms with van der Waals surface area (Å²) in [7, 11) is -1.72. The Balaban J connectivity index is 1.95. The van der Waals surface area contributed by atoms with Crippen LogP contribution in [0.25, 0.3) is 0 Å². The Bertz CT molecular complexity index is 554. The zero-order chi connectivity index (χ0) is 18.7. The highest BCUT2D eigenvalue weighted by Gasteiger charge is 2.31. The topological polar surface area (TPSA) is 88.4 Å². The predicted molar refractivity (Wildman–Crippen MR) is 99.0 cm³/mol. The monoisotopic (exact) mass is 380 g/mol. The van der Waals surface area contributed by atoms with E-state index in [1.54, 1.807) is 0 Å². The van der Waals surface area contributed by atoms with E-state index >= 15 is 0 Å². The van der Waals surface area contributed by atoms with Crippen LogP contribution in [0, 0.1) is 5.41 Å². The minimum atomic E-state index is -1.72. The number of aliphatic hydroxyl groups excluding tert-OH is 3. The molecule has 0 radical (unpaired) electrons. The second-order valence-corrected chi connectivity index (χ2v) is 7.21. The summed E-state index contributed by atoms with van der Waals surface area (Å²) in [5.41, 5.74) is 0.821. The van der Waals surface area contributed by atoms with Crippen LogP contribution in [0.5, 0.6) is 0 Å². The van der Waals surface area contributed by atoms with Gasteiger partial charge in [-0.3, -0.25) is 0 Å². The van der Waals surface area contributed by atoms with Crippen molar-refractivity contribution < 1.29 is 28.9 Å². The summed E-state index contributed by atoms with van der Waals surface area (Å²) in [4.78, 5) is 0. The average molecular weight is 380 g/mol. The van der Waals surface area contributed by atoms with Gasteiger partial charge in [-0.2, -0.15) is 0 Å². The Morgan fingerprint density at radius 3 is 1.46 bits per heavy atom. The molecule has 0 saturated carbocycles. The first-order valence-corrected chi connectivity index (χ1v) is 9.40. The molecule has 2 aromatic carbocycles. The summed E-state index contributed by atoms with van der Waals surface area (Å²) in [5, 5.41) is 28.3. The molecule has 0 atom stereocenters. The van der Waals surface area contributed by atoms with Gasteiger partial charge in [0.2, 0.25) is 0 Å². The van der Waals surface area contributed by atoms with Crippen molar-refractivity contribution in [2.75, 3.05) is 26.4 Å². The molecule has 0 aliphatic carbocycles.